The van der Waals surface area contributed by atoms with Crippen LogP contribution in [0.1, 0.15) is 51.5 Å². The number of rotatable bonds is 7. The van der Waals surface area contributed by atoms with E-state index in [1.165, 1.54) is 18.4 Å². The third-order valence-electron chi connectivity index (χ3n) is 2.90. The third kappa shape index (κ3) is 5.53. The molecule has 0 aromatic heterocycles. The monoisotopic (exact) mass is 233 g/mol. The summed E-state index contributed by atoms with van der Waals surface area (Å²) in [7, 11) is 0. The number of carbonyl (C=O) groups is 1. The molecule has 2 heteroatoms. The minimum Gasteiger partial charge on any atom is -0.326 e. The molecule has 0 unspecified atom stereocenters. The first kappa shape index (κ1) is 13.8. The van der Waals surface area contributed by atoms with Crippen LogP contribution in [0.25, 0.3) is 0 Å². The molecule has 0 heterocycles. The van der Waals surface area contributed by atoms with Crippen molar-refractivity contribution in [2.45, 2.75) is 52.4 Å². The topological polar surface area (TPSA) is 29.1 Å². The molecule has 0 saturated carbocycles. The Morgan fingerprint density at radius 1 is 1.06 bits per heavy atom. The minimum atomic E-state index is 0.130. The van der Waals surface area contributed by atoms with E-state index in [1.54, 1.807) is 0 Å². The summed E-state index contributed by atoms with van der Waals surface area (Å²) in [4.78, 5) is 11.6. The highest BCUT2D eigenvalue weighted by Gasteiger charge is 2.01. The number of aryl methyl sites for hydroxylation is 1. The van der Waals surface area contributed by atoms with Gasteiger partial charge in [-0.3, -0.25) is 4.79 Å². The van der Waals surface area contributed by atoms with Crippen LogP contribution in [-0.4, -0.2) is 5.91 Å². The van der Waals surface area contributed by atoms with Gasteiger partial charge in [-0.25, -0.2) is 0 Å². The molecule has 1 rings (SSSR count). The summed E-state index contributed by atoms with van der Waals surface area (Å²) in [5.74, 6) is 0.130. The second kappa shape index (κ2) is 7.88. The van der Waals surface area contributed by atoms with Crippen molar-refractivity contribution in [2.24, 2.45) is 0 Å². The molecular formula is C15H23NO. The summed E-state index contributed by atoms with van der Waals surface area (Å²) in [5.41, 5.74) is 2.20. The van der Waals surface area contributed by atoms with Crippen LogP contribution in [0.2, 0.25) is 0 Å². The van der Waals surface area contributed by atoms with E-state index in [9.17, 15) is 4.79 Å². The number of benzene rings is 1. The highest BCUT2D eigenvalue weighted by atomic mass is 16.1. The Kier molecular flexibility index (Phi) is 6.38. The molecule has 0 atom stereocenters. The second-order valence-electron chi connectivity index (χ2n) is 4.41. The maximum Gasteiger partial charge on any atom is 0.224 e. The molecule has 1 aromatic carbocycles. The molecule has 0 saturated heterocycles. The van der Waals surface area contributed by atoms with Crippen molar-refractivity contribution in [1.82, 2.24) is 0 Å². The van der Waals surface area contributed by atoms with Crippen LogP contribution in [0.5, 0.6) is 0 Å². The van der Waals surface area contributed by atoms with Gasteiger partial charge in [-0.15, -0.1) is 0 Å². The Bertz CT molecular complexity index is 329. The van der Waals surface area contributed by atoms with Gasteiger partial charge in [0, 0.05) is 12.1 Å². The van der Waals surface area contributed by atoms with Crippen molar-refractivity contribution in [1.29, 1.82) is 0 Å². The summed E-state index contributed by atoms with van der Waals surface area (Å²) in [6.07, 6.45) is 6.24. The minimum absolute atomic E-state index is 0.130. The molecule has 1 N–H and O–H groups in total. The first-order valence-corrected chi connectivity index (χ1v) is 6.65. The molecule has 0 fully saturated rings. The number of nitrogens with one attached hydrogen (secondary N) is 1. The maximum atomic E-state index is 11.6. The lowest BCUT2D eigenvalue weighted by atomic mass is 10.1. The van der Waals surface area contributed by atoms with Crippen molar-refractivity contribution in [2.75, 3.05) is 5.32 Å². The van der Waals surface area contributed by atoms with Gasteiger partial charge in [0.2, 0.25) is 5.91 Å². The van der Waals surface area contributed by atoms with E-state index in [0.717, 1.165) is 24.9 Å². The summed E-state index contributed by atoms with van der Waals surface area (Å²) < 4.78 is 0. The highest BCUT2D eigenvalue weighted by Crippen LogP contribution is 2.11. The van der Waals surface area contributed by atoms with E-state index in [0.29, 0.717) is 6.42 Å². The Labute approximate surface area is 104 Å². The Hall–Kier alpha value is -1.31. The van der Waals surface area contributed by atoms with Crippen LogP contribution in [0.15, 0.2) is 24.3 Å². The van der Waals surface area contributed by atoms with Crippen LogP contribution >= 0.6 is 0 Å². The fourth-order valence-corrected chi connectivity index (χ4v) is 1.76. The molecule has 0 aliphatic heterocycles. The Morgan fingerprint density at radius 2 is 1.76 bits per heavy atom. The Morgan fingerprint density at radius 3 is 2.35 bits per heavy atom. The third-order valence-corrected chi connectivity index (χ3v) is 2.90. The average molecular weight is 233 g/mol. The number of unbranched alkanes of at least 4 members (excludes halogenated alkanes) is 3. The zero-order chi connectivity index (χ0) is 12.5. The standard InChI is InChI=1S/C15H23NO/c1-3-5-6-7-8-15(17)16-14-11-9-13(4-2)10-12-14/h9-12H,3-8H2,1-2H3,(H,16,17). The SMILES string of the molecule is CCCCCCC(=O)Nc1ccc(CC)cc1. The lowest BCUT2D eigenvalue weighted by Crippen LogP contribution is -2.10. The average Bonchev–Trinajstić information content (AvgIpc) is 2.36. The number of amides is 1. The van der Waals surface area contributed by atoms with Crippen molar-refractivity contribution in [3.8, 4) is 0 Å². The van der Waals surface area contributed by atoms with Crippen LogP contribution in [0.4, 0.5) is 5.69 Å². The number of anilines is 1. The predicted octanol–water partition coefficient (Wildman–Crippen LogP) is 4.16. The van der Waals surface area contributed by atoms with Crippen molar-refractivity contribution in [3.63, 3.8) is 0 Å². The van der Waals surface area contributed by atoms with E-state index in [-0.39, 0.29) is 5.91 Å². The molecule has 2 nitrogen and oxygen atoms in total. The van der Waals surface area contributed by atoms with E-state index in [1.807, 2.05) is 12.1 Å². The van der Waals surface area contributed by atoms with Gasteiger partial charge in [-0.05, 0) is 30.5 Å². The second-order valence-corrected chi connectivity index (χ2v) is 4.41. The predicted molar refractivity (Wildman–Crippen MR) is 73.2 cm³/mol. The van der Waals surface area contributed by atoms with E-state index in [4.69, 9.17) is 0 Å². The first-order chi connectivity index (χ1) is 8.26. The van der Waals surface area contributed by atoms with Crippen LogP contribution in [-0.2, 0) is 11.2 Å². The zero-order valence-electron chi connectivity index (χ0n) is 11.0. The van der Waals surface area contributed by atoms with Gasteiger partial charge in [0.1, 0.15) is 0 Å². The van der Waals surface area contributed by atoms with Gasteiger partial charge in [0.15, 0.2) is 0 Å². The molecule has 17 heavy (non-hydrogen) atoms. The smallest absolute Gasteiger partial charge is 0.224 e. The van der Waals surface area contributed by atoms with Gasteiger partial charge in [-0.2, -0.15) is 0 Å². The van der Waals surface area contributed by atoms with Gasteiger partial charge in [0.05, 0.1) is 0 Å². The Balaban J connectivity index is 2.29. The summed E-state index contributed by atoms with van der Waals surface area (Å²) in [5, 5.41) is 2.93. The van der Waals surface area contributed by atoms with Crippen LogP contribution < -0.4 is 5.32 Å². The molecule has 1 amide bonds. The number of carbonyl (C=O) groups excluding carboxylic acids is 1. The van der Waals surface area contributed by atoms with Gasteiger partial charge in [0.25, 0.3) is 0 Å². The van der Waals surface area contributed by atoms with E-state index >= 15 is 0 Å². The quantitative estimate of drug-likeness (QED) is 0.704. The first-order valence-electron chi connectivity index (χ1n) is 6.65. The van der Waals surface area contributed by atoms with E-state index < -0.39 is 0 Å². The van der Waals surface area contributed by atoms with Crippen molar-refractivity contribution >= 4 is 11.6 Å². The fraction of sp³-hybridized carbons (Fsp3) is 0.533. The zero-order valence-corrected chi connectivity index (χ0v) is 11.0. The number of hydrogen-bond acceptors (Lipinski definition) is 1. The van der Waals surface area contributed by atoms with Crippen LogP contribution in [0.3, 0.4) is 0 Å². The molecule has 0 radical (unpaired) electrons. The highest BCUT2D eigenvalue weighted by molar-refractivity contribution is 5.90. The molecule has 0 spiro atoms. The lowest BCUT2D eigenvalue weighted by molar-refractivity contribution is -0.116. The molecule has 0 aliphatic carbocycles. The van der Waals surface area contributed by atoms with Crippen LogP contribution in [0, 0.1) is 0 Å². The largest absolute Gasteiger partial charge is 0.326 e. The fourth-order valence-electron chi connectivity index (χ4n) is 1.76. The molecule has 0 aliphatic rings. The molecule has 1 aromatic rings. The van der Waals surface area contributed by atoms with E-state index in [2.05, 4.69) is 31.3 Å². The molecular weight excluding hydrogens is 210 g/mol. The lowest BCUT2D eigenvalue weighted by Gasteiger charge is -2.05. The number of hydrogen-bond donors (Lipinski definition) is 1. The summed E-state index contributed by atoms with van der Waals surface area (Å²) in [6, 6.07) is 8.07. The van der Waals surface area contributed by atoms with Gasteiger partial charge >= 0.3 is 0 Å². The molecule has 94 valence electrons. The summed E-state index contributed by atoms with van der Waals surface area (Å²) >= 11 is 0. The van der Waals surface area contributed by atoms with Crippen molar-refractivity contribution in [3.05, 3.63) is 29.8 Å². The maximum absolute atomic E-state index is 11.6. The van der Waals surface area contributed by atoms with Crippen molar-refractivity contribution < 1.29 is 4.79 Å². The molecule has 0 bridgehead atoms. The van der Waals surface area contributed by atoms with Gasteiger partial charge in [-0.1, -0.05) is 45.2 Å². The van der Waals surface area contributed by atoms with Gasteiger partial charge < -0.3 is 5.32 Å². The summed E-state index contributed by atoms with van der Waals surface area (Å²) in [6.45, 7) is 4.30. The normalized spacial score (nSPS) is 10.2.